The Balaban J connectivity index is 1.73. The Labute approximate surface area is 163 Å². The van der Waals surface area contributed by atoms with Crippen LogP contribution >= 0.6 is 0 Å². The highest BCUT2D eigenvalue weighted by Crippen LogP contribution is 2.19. The summed E-state index contributed by atoms with van der Waals surface area (Å²) in [5.74, 6) is 0. The maximum atomic E-state index is 13.1. The van der Waals surface area contributed by atoms with Gasteiger partial charge in [0.05, 0.1) is 16.6 Å². The average molecular weight is 376 g/mol. The van der Waals surface area contributed by atoms with Gasteiger partial charge in [0.2, 0.25) is 0 Å². The molecule has 2 heterocycles. The highest BCUT2D eigenvalue weighted by molar-refractivity contribution is 5.88. The van der Waals surface area contributed by atoms with E-state index in [0.29, 0.717) is 28.3 Å². The molecule has 1 saturated heterocycles. The van der Waals surface area contributed by atoms with Gasteiger partial charge in [-0.2, -0.15) is 0 Å². The van der Waals surface area contributed by atoms with Crippen molar-refractivity contribution in [1.82, 2.24) is 14.9 Å². The fourth-order valence-electron chi connectivity index (χ4n) is 3.56. The molecule has 0 saturated carbocycles. The molecule has 1 aliphatic heterocycles. The lowest BCUT2D eigenvalue weighted by Gasteiger charge is -2.24. The molecular weight excluding hydrogens is 352 g/mol. The third-order valence-electron chi connectivity index (χ3n) is 5.08. The summed E-state index contributed by atoms with van der Waals surface area (Å²) < 4.78 is 1.54. The van der Waals surface area contributed by atoms with Crippen molar-refractivity contribution in [2.24, 2.45) is 4.99 Å². The molecule has 144 valence electrons. The second-order valence-electron chi connectivity index (χ2n) is 7.02. The van der Waals surface area contributed by atoms with Crippen LogP contribution in [-0.2, 0) is 0 Å². The van der Waals surface area contributed by atoms with Gasteiger partial charge in [0.1, 0.15) is 6.33 Å². The monoisotopic (exact) mass is 376 g/mol. The predicted molar refractivity (Wildman–Crippen MR) is 115 cm³/mol. The van der Waals surface area contributed by atoms with E-state index in [9.17, 15) is 4.79 Å². The van der Waals surface area contributed by atoms with Gasteiger partial charge >= 0.3 is 0 Å². The molecule has 3 aromatic rings. The number of nitrogen functional groups attached to an aromatic ring is 1. The van der Waals surface area contributed by atoms with E-state index in [1.807, 2.05) is 30.3 Å². The summed E-state index contributed by atoms with van der Waals surface area (Å²) >= 11 is 0. The molecule has 2 aromatic carbocycles. The summed E-state index contributed by atoms with van der Waals surface area (Å²) in [6.07, 6.45) is 5.38. The minimum absolute atomic E-state index is 0.108. The number of nitrogens with two attached hydrogens (primary N) is 1. The van der Waals surface area contributed by atoms with Crippen molar-refractivity contribution in [2.75, 3.05) is 31.2 Å². The third-order valence-corrected chi connectivity index (χ3v) is 5.08. The Kier molecular flexibility index (Phi) is 5.08. The zero-order chi connectivity index (χ0) is 19.5. The van der Waals surface area contributed by atoms with Gasteiger partial charge in [-0.3, -0.25) is 14.4 Å². The van der Waals surface area contributed by atoms with Crippen LogP contribution in [-0.4, -0.2) is 41.9 Å². The van der Waals surface area contributed by atoms with Gasteiger partial charge in [-0.1, -0.05) is 0 Å². The molecule has 0 aliphatic carbocycles. The van der Waals surface area contributed by atoms with E-state index in [-0.39, 0.29) is 5.56 Å². The number of benzene rings is 2. The van der Waals surface area contributed by atoms with E-state index < -0.39 is 0 Å². The van der Waals surface area contributed by atoms with Crippen LogP contribution in [0.5, 0.6) is 0 Å². The number of nitrogens with zero attached hydrogens (tertiary/aromatic N) is 3. The second-order valence-corrected chi connectivity index (χ2v) is 7.02. The molecule has 7 heteroatoms. The first-order valence-electron chi connectivity index (χ1n) is 9.46. The summed E-state index contributed by atoms with van der Waals surface area (Å²) in [7, 11) is 1.69. The Morgan fingerprint density at radius 2 is 2.07 bits per heavy atom. The highest BCUT2D eigenvalue weighted by atomic mass is 16.1. The minimum atomic E-state index is -0.108. The van der Waals surface area contributed by atoms with E-state index in [0.717, 1.165) is 37.2 Å². The number of aliphatic imine (C=N–C) groups is 1. The van der Waals surface area contributed by atoms with Crippen molar-refractivity contribution in [3.63, 3.8) is 0 Å². The molecule has 0 atom stereocenters. The summed E-state index contributed by atoms with van der Waals surface area (Å²) in [6.45, 7) is 2.03. The molecule has 7 nitrogen and oxygen atoms in total. The Morgan fingerprint density at radius 1 is 1.25 bits per heavy atom. The third kappa shape index (κ3) is 3.61. The lowest BCUT2D eigenvalue weighted by atomic mass is 10.1. The Bertz CT molecular complexity index is 1080. The fourth-order valence-corrected chi connectivity index (χ4v) is 3.56. The first-order chi connectivity index (χ1) is 13.7. The molecule has 0 bridgehead atoms. The molecule has 0 spiro atoms. The van der Waals surface area contributed by atoms with Gasteiger partial charge in [0.25, 0.3) is 5.56 Å². The molecule has 0 radical (unpaired) electrons. The Hall–Kier alpha value is -3.19. The molecule has 4 N–H and O–H groups in total. The number of hydrogen-bond acceptors (Lipinski definition) is 6. The van der Waals surface area contributed by atoms with Crippen LogP contribution < -0.4 is 21.9 Å². The zero-order valence-corrected chi connectivity index (χ0v) is 15.9. The van der Waals surface area contributed by atoms with Crippen molar-refractivity contribution < 1.29 is 0 Å². The predicted octanol–water partition coefficient (Wildman–Crippen LogP) is 2.18. The maximum Gasteiger partial charge on any atom is 0.265 e. The number of piperidine rings is 1. The summed E-state index contributed by atoms with van der Waals surface area (Å²) in [5.41, 5.74) is 9.61. The molecule has 1 fully saturated rings. The second kappa shape index (κ2) is 7.82. The first-order valence-corrected chi connectivity index (χ1v) is 9.46. The molecule has 0 unspecified atom stereocenters. The number of nitrogens with one attached hydrogen (secondary N) is 2. The number of hydrogen-bond donors (Lipinski definition) is 3. The van der Waals surface area contributed by atoms with E-state index in [2.05, 4.69) is 20.6 Å². The van der Waals surface area contributed by atoms with Crippen LogP contribution in [0, 0.1) is 0 Å². The first kappa shape index (κ1) is 18.2. The van der Waals surface area contributed by atoms with Crippen molar-refractivity contribution >= 4 is 28.5 Å². The maximum absolute atomic E-state index is 13.1. The van der Waals surface area contributed by atoms with Crippen molar-refractivity contribution in [3.8, 4) is 5.69 Å². The topological polar surface area (TPSA) is 97.3 Å². The molecule has 4 rings (SSSR count). The highest BCUT2D eigenvalue weighted by Gasteiger charge is 2.14. The molecular formula is C21H24N6O. The molecule has 0 amide bonds. The fraction of sp³-hybridized carbons (Fsp3) is 0.286. The minimum Gasteiger partial charge on any atom is -0.398 e. The van der Waals surface area contributed by atoms with Crippen LogP contribution in [0.1, 0.15) is 18.4 Å². The van der Waals surface area contributed by atoms with E-state index in [1.165, 1.54) is 0 Å². The van der Waals surface area contributed by atoms with Crippen LogP contribution in [0.15, 0.2) is 52.5 Å². The smallest absolute Gasteiger partial charge is 0.265 e. The summed E-state index contributed by atoms with van der Waals surface area (Å²) in [6, 6.07) is 11.6. The van der Waals surface area contributed by atoms with Gasteiger partial charge < -0.3 is 16.4 Å². The van der Waals surface area contributed by atoms with Gasteiger partial charge in [-0.25, -0.2) is 4.98 Å². The van der Waals surface area contributed by atoms with Crippen LogP contribution in [0.2, 0.25) is 0 Å². The molecule has 1 aliphatic rings. The van der Waals surface area contributed by atoms with Crippen molar-refractivity contribution in [2.45, 2.75) is 18.9 Å². The average Bonchev–Trinajstić information content (AvgIpc) is 2.71. The van der Waals surface area contributed by atoms with Crippen molar-refractivity contribution in [1.29, 1.82) is 0 Å². The van der Waals surface area contributed by atoms with E-state index >= 15 is 0 Å². The number of aromatic nitrogens is 2. The van der Waals surface area contributed by atoms with E-state index in [4.69, 9.17) is 5.73 Å². The van der Waals surface area contributed by atoms with Gasteiger partial charge in [-0.15, -0.1) is 0 Å². The quantitative estimate of drug-likeness (QED) is 0.479. The summed E-state index contributed by atoms with van der Waals surface area (Å²) in [5, 5.41) is 7.49. The standard InChI is InChI=1S/C21H24N6O/c1-23-12-14-10-17(3-4-19(14)22)27-13-25-20-5-2-16(11-18(20)21(27)28)26-15-6-8-24-9-7-15/h2-5,10-13,15,24,26H,6-9,22H2,1H3. The Morgan fingerprint density at radius 3 is 2.86 bits per heavy atom. The summed E-state index contributed by atoms with van der Waals surface area (Å²) in [4.78, 5) is 21.6. The lowest BCUT2D eigenvalue weighted by Crippen LogP contribution is -2.35. The number of anilines is 2. The SMILES string of the molecule is CN=Cc1cc(-n2cnc3ccc(NC4CCNCC4)cc3c2=O)ccc1N. The molecule has 1 aromatic heterocycles. The largest absolute Gasteiger partial charge is 0.398 e. The van der Waals surface area contributed by atoms with E-state index in [1.54, 1.807) is 30.2 Å². The van der Waals surface area contributed by atoms with Crippen molar-refractivity contribution in [3.05, 3.63) is 58.6 Å². The zero-order valence-electron chi connectivity index (χ0n) is 15.9. The van der Waals surface area contributed by atoms with Crippen LogP contribution in [0.3, 0.4) is 0 Å². The van der Waals surface area contributed by atoms with Gasteiger partial charge in [-0.05, 0) is 62.3 Å². The van der Waals surface area contributed by atoms with Gasteiger partial charge in [0.15, 0.2) is 0 Å². The lowest BCUT2D eigenvalue weighted by molar-refractivity contribution is 0.479. The number of fused-ring (bicyclic) bond motifs is 1. The van der Waals surface area contributed by atoms with Crippen LogP contribution in [0.4, 0.5) is 11.4 Å². The van der Waals surface area contributed by atoms with Crippen LogP contribution in [0.25, 0.3) is 16.6 Å². The number of rotatable bonds is 4. The molecule has 28 heavy (non-hydrogen) atoms. The van der Waals surface area contributed by atoms with Gasteiger partial charge in [0, 0.05) is 36.2 Å². The normalized spacial score (nSPS) is 15.3.